The molecule has 0 aliphatic heterocycles. The summed E-state index contributed by atoms with van der Waals surface area (Å²) in [4.78, 5) is 12.0. The second-order valence-electron chi connectivity index (χ2n) is 4.72. The van der Waals surface area contributed by atoms with Crippen molar-refractivity contribution in [1.29, 1.82) is 0 Å². The first kappa shape index (κ1) is 15.8. The highest BCUT2D eigenvalue weighted by molar-refractivity contribution is 5.92. The van der Waals surface area contributed by atoms with Gasteiger partial charge in [-0.2, -0.15) is 0 Å². The highest BCUT2D eigenvalue weighted by atomic mass is 35.5. The van der Waals surface area contributed by atoms with Gasteiger partial charge in [-0.1, -0.05) is 6.07 Å². The van der Waals surface area contributed by atoms with Crippen LogP contribution in [0.5, 0.6) is 5.75 Å². The van der Waals surface area contributed by atoms with Gasteiger partial charge < -0.3 is 15.8 Å². The molecule has 3 N–H and O–H groups in total. The molecule has 2 unspecified atom stereocenters. The van der Waals surface area contributed by atoms with Crippen molar-refractivity contribution in [2.24, 2.45) is 11.7 Å². The van der Waals surface area contributed by atoms with Crippen LogP contribution >= 0.6 is 12.4 Å². The van der Waals surface area contributed by atoms with Crippen LogP contribution in [0.25, 0.3) is 0 Å². The van der Waals surface area contributed by atoms with Gasteiger partial charge in [0.2, 0.25) is 5.91 Å². The lowest BCUT2D eigenvalue weighted by Crippen LogP contribution is -2.23. The molecular formula is C14H21ClN2O2. The van der Waals surface area contributed by atoms with Gasteiger partial charge in [0.05, 0.1) is 6.61 Å². The molecule has 5 heteroatoms. The smallest absolute Gasteiger partial charge is 0.227 e. The van der Waals surface area contributed by atoms with E-state index in [1.54, 1.807) is 0 Å². The Morgan fingerprint density at radius 1 is 1.47 bits per heavy atom. The summed E-state index contributed by atoms with van der Waals surface area (Å²) in [6, 6.07) is 7.65. The van der Waals surface area contributed by atoms with E-state index >= 15 is 0 Å². The lowest BCUT2D eigenvalue weighted by Gasteiger charge is -2.11. The van der Waals surface area contributed by atoms with Crippen molar-refractivity contribution in [1.82, 2.24) is 0 Å². The number of benzene rings is 1. The molecule has 0 aromatic heterocycles. The van der Waals surface area contributed by atoms with Gasteiger partial charge in [-0.05, 0) is 38.3 Å². The molecule has 0 radical (unpaired) electrons. The molecule has 0 saturated heterocycles. The van der Waals surface area contributed by atoms with Crippen LogP contribution in [-0.2, 0) is 4.79 Å². The number of rotatable bonds is 4. The third-order valence-electron chi connectivity index (χ3n) is 3.26. The molecule has 1 saturated carbocycles. The van der Waals surface area contributed by atoms with E-state index in [1.807, 2.05) is 31.2 Å². The van der Waals surface area contributed by atoms with Gasteiger partial charge >= 0.3 is 0 Å². The Morgan fingerprint density at radius 2 is 2.26 bits per heavy atom. The fourth-order valence-corrected chi connectivity index (χ4v) is 2.33. The molecule has 106 valence electrons. The van der Waals surface area contributed by atoms with E-state index in [-0.39, 0.29) is 30.3 Å². The number of hydrogen-bond acceptors (Lipinski definition) is 3. The minimum Gasteiger partial charge on any atom is -0.494 e. The Bertz CT molecular complexity index is 426. The first-order chi connectivity index (χ1) is 8.69. The molecule has 1 aromatic carbocycles. The maximum Gasteiger partial charge on any atom is 0.227 e. The quantitative estimate of drug-likeness (QED) is 0.893. The summed E-state index contributed by atoms with van der Waals surface area (Å²) >= 11 is 0. The van der Waals surface area contributed by atoms with Crippen LogP contribution in [0.3, 0.4) is 0 Å². The summed E-state index contributed by atoms with van der Waals surface area (Å²) in [7, 11) is 0. The van der Waals surface area contributed by atoms with Crippen LogP contribution in [0, 0.1) is 5.92 Å². The average Bonchev–Trinajstić information content (AvgIpc) is 2.77. The third-order valence-corrected chi connectivity index (χ3v) is 3.26. The minimum absolute atomic E-state index is 0. The molecule has 1 aliphatic carbocycles. The summed E-state index contributed by atoms with van der Waals surface area (Å²) < 4.78 is 5.40. The molecule has 2 atom stereocenters. The average molecular weight is 285 g/mol. The number of ether oxygens (including phenoxy) is 1. The van der Waals surface area contributed by atoms with Gasteiger partial charge in [0.1, 0.15) is 5.75 Å². The SMILES string of the molecule is CCOc1cccc(NC(=O)C2CCC(N)C2)c1.Cl. The van der Waals surface area contributed by atoms with Crippen molar-refractivity contribution >= 4 is 24.0 Å². The lowest BCUT2D eigenvalue weighted by molar-refractivity contribution is -0.119. The zero-order valence-corrected chi connectivity index (χ0v) is 11.9. The zero-order chi connectivity index (χ0) is 13.0. The fourth-order valence-electron chi connectivity index (χ4n) is 2.33. The molecule has 1 fully saturated rings. The first-order valence-electron chi connectivity index (χ1n) is 6.48. The highest BCUT2D eigenvalue weighted by Crippen LogP contribution is 2.26. The van der Waals surface area contributed by atoms with Crippen LogP contribution in [0.2, 0.25) is 0 Å². The van der Waals surface area contributed by atoms with Crippen molar-refractivity contribution in [3.8, 4) is 5.75 Å². The van der Waals surface area contributed by atoms with Gasteiger partial charge in [-0.25, -0.2) is 0 Å². The van der Waals surface area contributed by atoms with E-state index < -0.39 is 0 Å². The van der Waals surface area contributed by atoms with Gasteiger partial charge in [0.25, 0.3) is 0 Å². The Hall–Kier alpha value is -1.26. The Balaban J connectivity index is 0.00000180. The highest BCUT2D eigenvalue weighted by Gasteiger charge is 2.27. The van der Waals surface area contributed by atoms with Crippen LogP contribution < -0.4 is 15.8 Å². The summed E-state index contributed by atoms with van der Waals surface area (Å²) in [6.07, 6.45) is 2.62. The predicted octanol–water partition coefficient (Wildman–Crippen LogP) is 2.57. The molecule has 1 aliphatic rings. The normalized spacial score (nSPS) is 21.6. The van der Waals surface area contributed by atoms with E-state index in [9.17, 15) is 4.79 Å². The van der Waals surface area contributed by atoms with E-state index in [2.05, 4.69) is 5.32 Å². The van der Waals surface area contributed by atoms with Crippen molar-refractivity contribution < 1.29 is 9.53 Å². The number of carbonyl (C=O) groups is 1. The van der Waals surface area contributed by atoms with E-state index in [1.165, 1.54) is 0 Å². The van der Waals surface area contributed by atoms with E-state index in [0.29, 0.717) is 6.61 Å². The number of halogens is 1. The molecule has 1 amide bonds. The number of carbonyl (C=O) groups excluding carboxylic acids is 1. The third kappa shape index (κ3) is 4.40. The van der Waals surface area contributed by atoms with Gasteiger partial charge in [-0.15, -0.1) is 12.4 Å². The Kier molecular flexibility index (Phi) is 6.12. The Morgan fingerprint density at radius 3 is 2.89 bits per heavy atom. The summed E-state index contributed by atoms with van der Waals surface area (Å²) in [6.45, 7) is 2.56. The topological polar surface area (TPSA) is 64.3 Å². The van der Waals surface area contributed by atoms with Crippen molar-refractivity contribution in [3.63, 3.8) is 0 Å². The largest absolute Gasteiger partial charge is 0.494 e. The summed E-state index contributed by atoms with van der Waals surface area (Å²) in [5, 5.41) is 2.93. The van der Waals surface area contributed by atoms with Gasteiger partial charge in [0.15, 0.2) is 0 Å². The molecule has 0 spiro atoms. The number of anilines is 1. The van der Waals surface area contributed by atoms with Crippen molar-refractivity contribution in [2.45, 2.75) is 32.2 Å². The van der Waals surface area contributed by atoms with Crippen molar-refractivity contribution in [2.75, 3.05) is 11.9 Å². The van der Waals surface area contributed by atoms with E-state index in [0.717, 1.165) is 30.7 Å². The molecule has 4 nitrogen and oxygen atoms in total. The Labute approximate surface area is 120 Å². The maximum atomic E-state index is 12.0. The van der Waals surface area contributed by atoms with Crippen molar-refractivity contribution in [3.05, 3.63) is 24.3 Å². The predicted molar refractivity (Wildman–Crippen MR) is 78.8 cm³/mol. The number of amides is 1. The summed E-state index contributed by atoms with van der Waals surface area (Å²) in [5.74, 6) is 0.894. The fraction of sp³-hybridized carbons (Fsp3) is 0.500. The van der Waals surface area contributed by atoms with Crippen LogP contribution in [0.4, 0.5) is 5.69 Å². The molecule has 0 heterocycles. The molecule has 2 rings (SSSR count). The standard InChI is InChI=1S/C14H20N2O2.ClH/c1-2-18-13-5-3-4-12(9-13)16-14(17)10-6-7-11(15)8-10;/h3-5,9-11H,2,6-8,15H2,1H3,(H,16,17);1H. The molecule has 19 heavy (non-hydrogen) atoms. The van der Waals surface area contributed by atoms with Crippen LogP contribution in [-0.4, -0.2) is 18.6 Å². The van der Waals surface area contributed by atoms with Crippen LogP contribution in [0.15, 0.2) is 24.3 Å². The minimum atomic E-state index is 0. The number of nitrogens with one attached hydrogen (secondary N) is 1. The van der Waals surface area contributed by atoms with E-state index in [4.69, 9.17) is 10.5 Å². The molecular weight excluding hydrogens is 264 g/mol. The van der Waals surface area contributed by atoms with Gasteiger partial charge in [0, 0.05) is 23.7 Å². The van der Waals surface area contributed by atoms with Crippen LogP contribution in [0.1, 0.15) is 26.2 Å². The van der Waals surface area contributed by atoms with Gasteiger partial charge in [-0.3, -0.25) is 4.79 Å². The second-order valence-corrected chi connectivity index (χ2v) is 4.72. The monoisotopic (exact) mass is 284 g/mol. The summed E-state index contributed by atoms with van der Waals surface area (Å²) in [5.41, 5.74) is 6.60. The molecule has 1 aromatic rings. The molecule has 0 bridgehead atoms. The number of nitrogens with two attached hydrogens (primary N) is 1. The second kappa shape index (κ2) is 7.36. The first-order valence-corrected chi connectivity index (χ1v) is 6.48. The number of hydrogen-bond donors (Lipinski definition) is 2. The maximum absolute atomic E-state index is 12.0. The lowest BCUT2D eigenvalue weighted by atomic mass is 10.1. The zero-order valence-electron chi connectivity index (χ0n) is 11.1.